The van der Waals surface area contributed by atoms with Crippen LogP contribution in [0.25, 0.3) is 0 Å². The molecule has 0 N–H and O–H groups in total. The lowest BCUT2D eigenvalue weighted by Crippen LogP contribution is -2.44. The van der Waals surface area contributed by atoms with Crippen LogP contribution in [0.4, 0.5) is 4.39 Å². The number of amides is 2. The van der Waals surface area contributed by atoms with Gasteiger partial charge in [0.1, 0.15) is 16.4 Å². The maximum Gasteiger partial charge on any atom is 0.230 e. The molecule has 2 amide bonds. The molecule has 2 fully saturated rings. The summed E-state index contributed by atoms with van der Waals surface area (Å²) >= 11 is 1.50. The van der Waals surface area contributed by atoms with Crippen molar-refractivity contribution in [3.8, 4) is 0 Å². The first-order valence-corrected chi connectivity index (χ1v) is 10.4. The monoisotopic (exact) mass is 413 g/mol. The molecule has 6 nitrogen and oxygen atoms in total. The molecule has 0 saturated carbocycles. The summed E-state index contributed by atoms with van der Waals surface area (Å²) in [5.74, 6) is -1.55. The van der Waals surface area contributed by atoms with Crippen molar-refractivity contribution in [2.24, 2.45) is 11.8 Å². The third-order valence-corrected chi connectivity index (χ3v) is 6.75. The largest absolute Gasteiger partial charge is 0.360 e. The summed E-state index contributed by atoms with van der Waals surface area (Å²) in [6.45, 7) is 1.19. The fourth-order valence-corrected chi connectivity index (χ4v) is 5.34. The Balaban J connectivity index is 1.36. The molecule has 2 unspecified atom stereocenters. The number of fused-ring (bicyclic) bond motifs is 1. The van der Waals surface area contributed by atoms with Gasteiger partial charge in [0.15, 0.2) is 0 Å². The number of thiazole rings is 1. The Labute approximate surface area is 171 Å². The minimum absolute atomic E-state index is 0.0813. The van der Waals surface area contributed by atoms with Crippen LogP contribution in [-0.2, 0) is 27.4 Å². The maximum atomic E-state index is 13.3. The van der Waals surface area contributed by atoms with E-state index in [1.165, 1.54) is 23.5 Å². The SMILES string of the molecule is CN(Cc1nccs1)C(=O)C1C2C(=O)N(Cc3ccc(F)cc3)C[C@@]23C=C[C@@H]1O3. The first kappa shape index (κ1) is 18.4. The molecule has 150 valence electrons. The predicted molar refractivity (Wildman–Crippen MR) is 104 cm³/mol. The van der Waals surface area contributed by atoms with E-state index in [-0.39, 0.29) is 23.7 Å². The highest BCUT2D eigenvalue weighted by molar-refractivity contribution is 7.09. The van der Waals surface area contributed by atoms with Gasteiger partial charge in [0, 0.05) is 25.2 Å². The zero-order valence-corrected chi connectivity index (χ0v) is 16.6. The molecule has 2 aromatic rings. The van der Waals surface area contributed by atoms with Crippen LogP contribution in [0.1, 0.15) is 10.6 Å². The topological polar surface area (TPSA) is 62.7 Å². The van der Waals surface area contributed by atoms with Gasteiger partial charge in [0.2, 0.25) is 11.8 Å². The summed E-state index contributed by atoms with van der Waals surface area (Å²) in [4.78, 5) is 34.1. The van der Waals surface area contributed by atoms with Crippen molar-refractivity contribution in [2.45, 2.75) is 24.8 Å². The van der Waals surface area contributed by atoms with Gasteiger partial charge in [-0.25, -0.2) is 9.37 Å². The Bertz CT molecular complexity index is 978. The van der Waals surface area contributed by atoms with Crippen molar-refractivity contribution in [3.63, 3.8) is 0 Å². The number of benzene rings is 1. The number of halogens is 1. The van der Waals surface area contributed by atoms with Crippen molar-refractivity contribution in [1.82, 2.24) is 14.8 Å². The maximum absolute atomic E-state index is 13.3. The molecule has 3 aliphatic heterocycles. The number of nitrogens with zero attached hydrogens (tertiary/aromatic N) is 3. The molecule has 29 heavy (non-hydrogen) atoms. The quantitative estimate of drug-likeness (QED) is 0.706. The normalized spacial score (nSPS) is 29.5. The molecule has 8 heteroatoms. The van der Waals surface area contributed by atoms with Gasteiger partial charge in [-0.3, -0.25) is 9.59 Å². The zero-order valence-electron chi connectivity index (χ0n) is 15.8. The van der Waals surface area contributed by atoms with Crippen LogP contribution in [0.15, 0.2) is 48.0 Å². The second kappa shape index (κ2) is 6.74. The molecular weight excluding hydrogens is 393 g/mol. The average molecular weight is 413 g/mol. The zero-order chi connectivity index (χ0) is 20.2. The molecule has 1 spiro atoms. The van der Waals surface area contributed by atoms with E-state index in [9.17, 15) is 14.0 Å². The van der Waals surface area contributed by atoms with Gasteiger partial charge >= 0.3 is 0 Å². The van der Waals surface area contributed by atoms with E-state index in [1.807, 2.05) is 17.5 Å². The third kappa shape index (κ3) is 2.98. The molecule has 5 rings (SSSR count). The number of hydrogen-bond donors (Lipinski definition) is 0. The smallest absolute Gasteiger partial charge is 0.230 e. The van der Waals surface area contributed by atoms with Gasteiger partial charge < -0.3 is 14.5 Å². The first-order chi connectivity index (χ1) is 14.0. The Morgan fingerprint density at radius 2 is 2.21 bits per heavy atom. The molecule has 2 saturated heterocycles. The lowest BCUT2D eigenvalue weighted by atomic mass is 9.76. The second-order valence-corrected chi connectivity index (χ2v) is 8.82. The highest BCUT2D eigenvalue weighted by Gasteiger charge is 2.67. The number of likely N-dealkylation sites (tertiary alicyclic amines) is 1. The Kier molecular flexibility index (Phi) is 4.29. The lowest BCUT2D eigenvalue weighted by molar-refractivity contribution is -0.142. The number of aromatic nitrogens is 1. The van der Waals surface area contributed by atoms with Crippen LogP contribution in [0.3, 0.4) is 0 Å². The molecule has 4 heterocycles. The molecule has 4 atom stereocenters. The summed E-state index contributed by atoms with van der Waals surface area (Å²) in [5, 5.41) is 2.73. The molecule has 0 radical (unpaired) electrons. The van der Waals surface area contributed by atoms with E-state index < -0.39 is 17.4 Å². The van der Waals surface area contributed by atoms with Gasteiger partial charge in [-0.2, -0.15) is 0 Å². The van der Waals surface area contributed by atoms with Crippen molar-refractivity contribution >= 4 is 23.2 Å². The summed E-state index contributed by atoms with van der Waals surface area (Å²) in [6, 6.07) is 6.12. The highest BCUT2D eigenvalue weighted by Crippen LogP contribution is 2.52. The Morgan fingerprint density at radius 3 is 2.93 bits per heavy atom. The number of hydrogen-bond acceptors (Lipinski definition) is 5. The van der Waals surface area contributed by atoms with E-state index in [0.717, 1.165) is 10.6 Å². The third-order valence-electron chi connectivity index (χ3n) is 5.98. The van der Waals surface area contributed by atoms with Crippen molar-refractivity contribution in [1.29, 1.82) is 0 Å². The van der Waals surface area contributed by atoms with E-state index in [1.54, 1.807) is 35.2 Å². The summed E-state index contributed by atoms with van der Waals surface area (Å²) in [5.41, 5.74) is 0.0999. The molecule has 1 aromatic heterocycles. The predicted octanol–water partition coefficient (Wildman–Crippen LogP) is 2.22. The number of rotatable bonds is 5. The molecule has 0 aliphatic carbocycles. The fourth-order valence-electron chi connectivity index (χ4n) is 4.67. The first-order valence-electron chi connectivity index (χ1n) is 9.51. The van der Waals surface area contributed by atoms with Gasteiger partial charge in [-0.05, 0) is 17.7 Å². The van der Waals surface area contributed by atoms with Gasteiger partial charge in [-0.1, -0.05) is 24.3 Å². The van der Waals surface area contributed by atoms with Gasteiger partial charge in [0.05, 0.1) is 31.0 Å². The van der Waals surface area contributed by atoms with Crippen LogP contribution in [0.2, 0.25) is 0 Å². The van der Waals surface area contributed by atoms with Gasteiger partial charge in [0.25, 0.3) is 0 Å². The standard InChI is InChI=1S/C21H20FN3O3S/c1-24(11-16-23-8-9-29-16)19(26)17-15-6-7-21(28-15)12-25(20(27)18(17)21)10-13-2-4-14(22)5-3-13/h2-9,15,17-18H,10-12H2,1H3/t15-,17?,18?,21-/m0/s1. The van der Waals surface area contributed by atoms with Crippen molar-refractivity contribution in [3.05, 3.63) is 64.4 Å². The Hall–Kier alpha value is -2.58. The van der Waals surface area contributed by atoms with E-state index in [2.05, 4.69) is 4.98 Å². The summed E-state index contributed by atoms with van der Waals surface area (Å²) in [6.07, 6.45) is 5.19. The minimum atomic E-state index is -0.746. The number of carbonyl (C=O) groups is 2. The van der Waals surface area contributed by atoms with E-state index in [0.29, 0.717) is 19.6 Å². The Morgan fingerprint density at radius 1 is 1.41 bits per heavy atom. The van der Waals surface area contributed by atoms with Gasteiger partial charge in [-0.15, -0.1) is 11.3 Å². The fraction of sp³-hybridized carbons (Fsp3) is 0.381. The number of carbonyl (C=O) groups excluding carboxylic acids is 2. The van der Waals surface area contributed by atoms with Crippen LogP contribution >= 0.6 is 11.3 Å². The molecule has 1 aromatic carbocycles. The van der Waals surface area contributed by atoms with Crippen molar-refractivity contribution in [2.75, 3.05) is 13.6 Å². The minimum Gasteiger partial charge on any atom is -0.360 e. The molecular formula is C21H20FN3O3S. The van der Waals surface area contributed by atoms with Crippen LogP contribution in [-0.4, -0.2) is 51.9 Å². The summed E-state index contributed by atoms with van der Waals surface area (Å²) in [7, 11) is 1.74. The van der Waals surface area contributed by atoms with Crippen LogP contribution in [0, 0.1) is 17.7 Å². The molecule has 3 aliphatic rings. The van der Waals surface area contributed by atoms with Crippen LogP contribution < -0.4 is 0 Å². The number of ether oxygens (including phenoxy) is 1. The van der Waals surface area contributed by atoms with Crippen LogP contribution in [0.5, 0.6) is 0 Å². The van der Waals surface area contributed by atoms with E-state index in [4.69, 9.17) is 4.74 Å². The van der Waals surface area contributed by atoms with Crippen molar-refractivity contribution < 1.29 is 18.7 Å². The highest BCUT2D eigenvalue weighted by atomic mass is 32.1. The second-order valence-electron chi connectivity index (χ2n) is 7.84. The lowest BCUT2D eigenvalue weighted by Gasteiger charge is -2.27. The summed E-state index contributed by atoms with van der Waals surface area (Å²) < 4.78 is 19.3. The average Bonchev–Trinajstić information content (AvgIpc) is 3.46. The van der Waals surface area contributed by atoms with E-state index >= 15 is 0 Å². The molecule has 2 bridgehead atoms.